The van der Waals surface area contributed by atoms with Crippen molar-refractivity contribution in [2.24, 2.45) is 0 Å². The van der Waals surface area contributed by atoms with Gasteiger partial charge in [0.2, 0.25) is 5.78 Å². The number of rotatable bonds is 5. The van der Waals surface area contributed by atoms with Crippen molar-refractivity contribution in [2.75, 3.05) is 0 Å². The zero-order valence-corrected chi connectivity index (χ0v) is 14.4. The first kappa shape index (κ1) is 17.0. The Morgan fingerprint density at radius 2 is 2.17 bits per heavy atom. The van der Waals surface area contributed by atoms with Gasteiger partial charge in [0.25, 0.3) is 0 Å². The van der Waals surface area contributed by atoms with E-state index in [1.807, 2.05) is 6.92 Å². The predicted molar refractivity (Wildman–Crippen MR) is 88.9 cm³/mol. The lowest BCUT2D eigenvalue weighted by molar-refractivity contribution is 0.103. The SMILES string of the molecule is CCCc1csc(C(=O)c2cn(P(=O)(O)O)c3ccc(F)cc23)n1. The van der Waals surface area contributed by atoms with Gasteiger partial charge in [0.05, 0.1) is 16.8 Å². The zero-order chi connectivity index (χ0) is 17.5. The maximum absolute atomic E-state index is 13.6. The Kier molecular flexibility index (Phi) is 4.40. The molecule has 1 aromatic carbocycles. The van der Waals surface area contributed by atoms with Crippen LogP contribution in [-0.4, -0.2) is 24.9 Å². The second-order valence-corrected chi connectivity index (χ2v) is 7.60. The number of fused-ring (bicyclic) bond motifs is 1. The van der Waals surface area contributed by atoms with Gasteiger partial charge in [0, 0.05) is 17.0 Å². The third-order valence-corrected chi connectivity index (χ3v) is 5.31. The molecule has 0 amide bonds. The number of benzene rings is 1. The van der Waals surface area contributed by atoms with Gasteiger partial charge >= 0.3 is 7.75 Å². The third kappa shape index (κ3) is 3.06. The van der Waals surface area contributed by atoms with Crippen molar-refractivity contribution in [2.45, 2.75) is 19.8 Å². The minimum Gasteiger partial charge on any atom is -0.308 e. The number of aromatic nitrogens is 2. The van der Waals surface area contributed by atoms with E-state index in [4.69, 9.17) is 0 Å². The van der Waals surface area contributed by atoms with Gasteiger partial charge in [-0.25, -0.2) is 13.9 Å². The highest BCUT2D eigenvalue weighted by Gasteiger charge is 2.26. The van der Waals surface area contributed by atoms with Crippen LogP contribution in [0.25, 0.3) is 10.9 Å². The summed E-state index contributed by atoms with van der Waals surface area (Å²) >= 11 is 1.16. The molecule has 126 valence electrons. The Morgan fingerprint density at radius 3 is 2.83 bits per heavy atom. The molecule has 0 unspecified atom stereocenters. The normalized spacial score (nSPS) is 12.0. The fourth-order valence-electron chi connectivity index (χ4n) is 2.48. The molecule has 3 rings (SSSR count). The molecule has 0 aliphatic carbocycles. The van der Waals surface area contributed by atoms with Crippen molar-refractivity contribution in [1.29, 1.82) is 0 Å². The van der Waals surface area contributed by atoms with Crippen molar-refractivity contribution in [3.8, 4) is 0 Å². The number of hydrogen-bond donors (Lipinski definition) is 2. The molecule has 0 aliphatic heterocycles. The number of aryl methyl sites for hydroxylation is 1. The van der Waals surface area contributed by atoms with Gasteiger partial charge in [-0.05, 0) is 24.6 Å². The highest BCUT2D eigenvalue weighted by molar-refractivity contribution is 7.50. The standard InChI is InChI=1S/C15H14FN2O4PS/c1-2-3-10-8-24-15(17-10)14(19)12-7-18(23(20,21)22)13-5-4-9(16)6-11(12)13/h4-8H,2-3H2,1H3,(H2,20,21,22). The number of halogens is 1. The molecule has 0 fully saturated rings. The summed E-state index contributed by atoms with van der Waals surface area (Å²) in [5, 5.41) is 2.14. The summed E-state index contributed by atoms with van der Waals surface area (Å²) in [5.74, 6) is -1.07. The average Bonchev–Trinajstić information content (AvgIpc) is 3.10. The van der Waals surface area contributed by atoms with Crippen molar-refractivity contribution in [3.63, 3.8) is 0 Å². The number of carbonyl (C=O) groups excluding carboxylic acids is 1. The van der Waals surface area contributed by atoms with Gasteiger partial charge in [0.15, 0.2) is 5.01 Å². The average molecular weight is 368 g/mol. The molecule has 0 spiro atoms. The van der Waals surface area contributed by atoms with Crippen molar-refractivity contribution >= 4 is 35.8 Å². The maximum Gasteiger partial charge on any atom is 0.434 e. The molecule has 3 aromatic rings. The quantitative estimate of drug-likeness (QED) is 0.532. The molecule has 2 N–H and O–H groups in total. The minimum atomic E-state index is -4.67. The third-order valence-electron chi connectivity index (χ3n) is 3.52. The van der Waals surface area contributed by atoms with E-state index in [1.54, 1.807) is 5.38 Å². The van der Waals surface area contributed by atoms with E-state index in [0.717, 1.165) is 48.2 Å². The summed E-state index contributed by atoms with van der Waals surface area (Å²) < 4.78 is 25.9. The molecule has 0 saturated carbocycles. The summed E-state index contributed by atoms with van der Waals surface area (Å²) in [6, 6.07) is 3.42. The first-order valence-corrected chi connectivity index (χ1v) is 9.62. The number of thiazole rings is 1. The molecular formula is C15H14FN2O4PS. The molecule has 2 aromatic heterocycles. The van der Waals surface area contributed by atoms with E-state index in [0.29, 0.717) is 4.34 Å². The number of hydrogen-bond acceptors (Lipinski definition) is 4. The van der Waals surface area contributed by atoms with Crippen LogP contribution in [0.15, 0.2) is 29.8 Å². The highest BCUT2D eigenvalue weighted by atomic mass is 32.1. The van der Waals surface area contributed by atoms with Crippen molar-refractivity contribution in [3.05, 3.63) is 51.9 Å². The molecule has 24 heavy (non-hydrogen) atoms. The molecule has 0 bridgehead atoms. The van der Waals surface area contributed by atoms with Crippen molar-refractivity contribution in [1.82, 2.24) is 9.32 Å². The summed E-state index contributed by atoms with van der Waals surface area (Å²) in [6.45, 7) is 2.00. The predicted octanol–water partition coefficient (Wildman–Crippen LogP) is 3.36. The van der Waals surface area contributed by atoms with Crippen LogP contribution < -0.4 is 0 Å². The van der Waals surface area contributed by atoms with E-state index in [2.05, 4.69) is 4.98 Å². The van der Waals surface area contributed by atoms with Crippen LogP contribution in [0.4, 0.5) is 4.39 Å². The topological polar surface area (TPSA) is 92.4 Å². The van der Waals surface area contributed by atoms with Crippen LogP contribution in [0.2, 0.25) is 0 Å². The lowest BCUT2D eigenvalue weighted by atomic mass is 10.1. The molecule has 6 nitrogen and oxygen atoms in total. The summed E-state index contributed by atoms with van der Waals surface area (Å²) in [4.78, 5) is 35.8. The van der Waals surface area contributed by atoms with Crippen LogP contribution in [0.3, 0.4) is 0 Å². The van der Waals surface area contributed by atoms with Gasteiger partial charge in [-0.2, -0.15) is 0 Å². The van der Waals surface area contributed by atoms with Gasteiger partial charge in [-0.15, -0.1) is 11.3 Å². The van der Waals surface area contributed by atoms with Crippen LogP contribution in [-0.2, 0) is 11.0 Å². The molecule has 2 heterocycles. The number of nitrogens with zero attached hydrogens (tertiary/aromatic N) is 2. The number of carbonyl (C=O) groups is 1. The van der Waals surface area contributed by atoms with Crippen LogP contribution >= 0.6 is 19.1 Å². The first-order chi connectivity index (χ1) is 11.3. The lowest BCUT2D eigenvalue weighted by Crippen LogP contribution is -2.01. The molecule has 0 saturated heterocycles. The Hall–Kier alpha value is -1.86. The second kappa shape index (κ2) is 6.22. The van der Waals surface area contributed by atoms with Crippen LogP contribution in [0.1, 0.15) is 34.4 Å². The lowest BCUT2D eigenvalue weighted by Gasteiger charge is -2.05. The summed E-state index contributed by atoms with van der Waals surface area (Å²) in [5.41, 5.74) is 0.902. The molecule has 0 aliphatic rings. The Bertz CT molecular complexity index is 975. The Labute approximate surface area is 140 Å². The zero-order valence-electron chi connectivity index (χ0n) is 12.6. The fourth-order valence-corrected chi connectivity index (χ4v) is 4.01. The van der Waals surface area contributed by atoms with E-state index in [1.165, 1.54) is 6.07 Å². The Morgan fingerprint density at radius 1 is 1.42 bits per heavy atom. The van der Waals surface area contributed by atoms with E-state index >= 15 is 0 Å². The maximum atomic E-state index is 13.6. The number of ketones is 1. The minimum absolute atomic E-state index is 0.0187. The monoisotopic (exact) mass is 368 g/mol. The molecule has 0 atom stereocenters. The van der Waals surface area contributed by atoms with Gasteiger partial charge in [0.1, 0.15) is 5.82 Å². The van der Waals surface area contributed by atoms with Gasteiger partial charge < -0.3 is 9.79 Å². The Balaban J connectivity index is 2.16. The molecule has 9 heteroatoms. The summed E-state index contributed by atoms with van der Waals surface area (Å²) in [7, 11) is -4.67. The van der Waals surface area contributed by atoms with Crippen LogP contribution in [0, 0.1) is 5.82 Å². The smallest absolute Gasteiger partial charge is 0.308 e. The molecular weight excluding hydrogens is 354 g/mol. The van der Waals surface area contributed by atoms with Gasteiger partial charge in [-0.3, -0.25) is 9.13 Å². The second-order valence-electron chi connectivity index (χ2n) is 5.29. The van der Waals surface area contributed by atoms with Gasteiger partial charge in [-0.1, -0.05) is 13.3 Å². The highest BCUT2D eigenvalue weighted by Crippen LogP contribution is 2.42. The molecule has 0 radical (unpaired) electrons. The van der Waals surface area contributed by atoms with Crippen molar-refractivity contribution < 1.29 is 23.5 Å². The summed E-state index contributed by atoms with van der Waals surface area (Å²) in [6.07, 6.45) is 2.69. The fraction of sp³-hybridized carbons (Fsp3) is 0.200. The van der Waals surface area contributed by atoms with Crippen LogP contribution in [0.5, 0.6) is 0 Å². The van der Waals surface area contributed by atoms with E-state index in [9.17, 15) is 23.5 Å². The largest absolute Gasteiger partial charge is 0.434 e. The first-order valence-electron chi connectivity index (χ1n) is 7.17. The van der Waals surface area contributed by atoms with E-state index in [-0.39, 0.29) is 21.5 Å². The van der Waals surface area contributed by atoms with E-state index < -0.39 is 19.3 Å².